The summed E-state index contributed by atoms with van der Waals surface area (Å²) in [7, 11) is 1.41. The van der Waals surface area contributed by atoms with Gasteiger partial charge in [-0.05, 0) is 18.1 Å². The Hall–Kier alpha value is -2.24. The Morgan fingerprint density at radius 1 is 1.32 bits per heavy atom. The van der Waals surface area contributed by atoms with Gasteiger partial charge in [0.05, 0.1) is 18.4 Å². The van der Waals surface area contributed by atoms with Crippen LogP contribution >= 0.6 is 0 Å². The molecular formula is C16H16F3NO2. The molecule has 1 aromatic rings. The number of methoxy groups -OCH3 is 1. The summed E-state index contributed by atoms with van der Waals surface area (Å²) in [6.45, 7) is 1.69. The number of Topliss-reactive ketones (excluding diaryl/α,β-unsaturated/α-hetero) is 1. The van der Waals surface area contributed by atoms with Gasteiger partial charge in [0.15, 0.2) is 5.78 Å². The monoisotopic (exact) mass is 311 g/mol. The predicted octanol–water partition coefficient (Wildman–Crippen LogP) is 3.77. The van der Waals surface area contributed by atoms with Crippen LogP contribution in [0.3, 0.4) is 0 Å². The van der Waals surface area contributed by atoms with Crippen molar-refractivity contribution in [2.45, 2.75) is 13.1 Å². The summed E-state index contributed by atoms with van der Waals surface area (Å²) in [6.07, 6.45) is -1.12. The molecule has 1 aliphatic carbocycles. The highest BCUT2D eigenvalue weighted by Crippen LogP contribution is 2.36. The van der Waals surface area contributed by atoms with E-state index in [1.807, 2.05) is 0 Å². The lowest BCUT2D eigenvalue weighted by Crippen LogP contribution is -2.25. The first-order valence-electron chi connectivity index (χ1n) is 6.69. The van der Waals surface area contributed by atoms with E-state index in [9.17, 15) is 18.0 Å². The van der Waals surface area contributed by atoms with Crippen molar-refractivity contribution in [3.8, 4) is 5.75 Å². The lowest BCUT2D eigenvalue weighted by molar-refractivity contribution is -0.0889. The van der Waals surface area contributed by atoms with Crippen molar-refractivity contribution in [2.75, 3.05) is 12.8 Å². The van der Waals surface area contributed by atoms with E-state index in [-0.39, 0.29) is 17.2 Å². The summed E-state index contributed by atoms with van der Waals surface area (Å²) >= 11 is 0. The first-order chi connectivity index (χ1) is 10.3. The maximum atomic E-state index is 12.8. The zero-order chi connectivity index (χ0) is 16.5. The van der Waals surface area contributed by atoms with E-state index in [0.29, 0.717) is 5.75 Å². The minimum atomic E-state index is -4.48. The van der Waals surface area contributed by atoms with Crippen LogP contribution in [0.1, 0.15) is 17.3 Å². The lowest BCUT2D eigenvalue weighted by atomic mass is 9.81. The van der Waals surface area contributed by atoms with Crippen LogP contribution in [-0.2, 0) is 0 Å². The molecule has 0 saturated heterocycles. The first-order valence-corrected chi connectivity index (χ1v) is 6.69. The molecule has 0 aliphatic heterocycles. The smallest absolute Gasteiger partial charge is 0.416 e. The van der Waals surface area contributed by atoms with Crippen LogP contribution in [0.25, 0.3) is 0 Å². The number of nitrogens with two attached hydrogens (primary N) is 1. The Kier molecular flexibility index (Phi) is 4.30. The second kappa shape index (κ2) is 5.87. The van der Waals surface area contributed by atoms with Gasteiger partial charge in [0.1, 0.15) is 5.75 Å². The number of nitrogen functional groups attached to an aromatic ring is 1. The fraction of sp³-hybridized carbons (Fsp3) is 0.312. The number of halogens is 3. The molecule has 0 spiro atoms. The molecule has 22 heavy (non-hydrogen) atoms. The number of allylic oxidation sites excluding steroid dienone is 4. The van der Waals surface area contributed by atoms with Gasteiger partial charge in [-0.2, -0.15) is 13.2 Å². The number of ketones is 1. The van der Waals surface area contributed by atoms with Crippen molar-refractivity contribution in [1.82, 2.24) is 0 Å². The molecule has 3 nitrogen and oxygen atoms in total. The number of carbonyl (C=O) groups excluding carboxylic acids is 1. The van der Waals surface area contributed by atoms with Crippen LogP contribution in [0.2, 0.25) is 0 Å². The standard InChI is InChI=1S/C16H16F3NO2/c1-9-6-7-10(16(17,18)19)8-12(9)15(21)11-4-3-5-13(22-2)14(11)20/h3-9,12H,20H2,1-2H3. The number of anilines is 1. The van der Waals surface area contributed by atoms with Crippen LogP contribution in [-0.4, -0.2) is 19.1 Å². The average Bonchev–Trinajstić information content (AvgIpc) is 2.46. The Labute approximate surface area is 126 Å². The van der Waals surface area contributed by atoms with E-state index >= 15 is 0 Å². The molecule has 118 valence electrons. The average molecular weight is 311 g/mol. The third-order valence-electron chi connectivity index (χ3n) is 3.69. The van der Waals surface area contributed by atoms with Crippen molar-refractivity contribution in [2.24, 2.45) is 11.8 Å². The maximum absolute atomic E-state index is 12.8. The van der Waals surface area contributed by atoms with Gasteiger partial charge in [0, 0.05) is 11.5 Å². The topological polar surface area (TPSA) is 52.3 Å². The number of rotatable bonds is 3. The summed E-state index contributed by atoms with van der Waals surface area (Å²) in [6, 6.07) is 4.67. The van der Waals surface area contributed by atoms with E-state index in [2.05, 4.69) is 0 Å². The van der Waals surface area contributed by atoms with E-state index in [1.54, 1.807) is 19.1 Å². The predicted molar refractivity (Wildman–Crippen MR) is 77.7 cm³/mol. The molecule has 2 unspecified atom stereocenters. The SMILES string of the molecule is COc1cccc(C(=O)C2C=C(C(F)(F)F)C=CC2C)c1N. The number of para-hydroxylation sites is 1. The summed E-state index contributed by atoms with van der Waals surface area (Å²) in [4.78, 5) is 12.6. The fourth-order valence-electron chi connectivity index (χ4n) is 2.40. The van der Waals surface area contributed by atoms with Crippen LogP contribution in [0.5, 0.6) is 5.75 Å². The number of hydrogen-bond acceptors (Lipinski definition) is 3. The summed E-state index contributed by atoms with van der Waals surface area (Å²) in [5.41, 5.74) is 5.35. The summed E-state index contributed by atoms with van der Waals surface area (Å²) < 4.78 is 43.5. The number of benzene rings is 1. The molecule has 0 saturated carbocycles. The summed E-state index contributed by atoms with van der Waals surface area (Å²) in [5, 5.41) is 0. The van der Waals surface area contributed by atoms with Crippen molar-refractivity contribution < 1.29 is 22.7 Å². The number of hydrogen-bond donors (Lipinski definition) is 1. The highest BCUT2D eigenvalue weighted by Gasteiger charge is 2.37. The molecular weight excluding hydrogens is 295 g/mol. The number of carbonyl (C=O) groups is 1. The van der Waals surface area contributed by atoms with Crippen LogP contribution in [0, 0.1) is 11.8 Å². The molecule has 2 rings (SSSR count). The Morgan fingerprint density at radius 3 is 2.59 bits per heavy atom. The Morgan fingerprint density at radius 2 is 2.00 bits per heavy atom. The van der Waals surface area contributed by atoms with Crippen molar-refractivity contribution >= 4 is 11.5 Å². The lowest BCUT2D eigenvalue weighted by Gasteiger charge is -2.23. The van der Waals surface area contributed by atoms with Crippen LogP contribution in [0.4, 0.5) is 18.9 Å². The third kappa shape index (κ3) is 3.00. The third-order valence-corrected chi connectivity index (χ3v) is 3.69. The van der Waals surface area contributed by atoms with Crippen LogP contribution in [0.15, 0.2) is 42.0 Å². The zero-order valence-corrected chi connectivity index (χ0v) is 12.1. The molecule has 0 aromatic heterocycles. The normalized spacial score (nSPS) is 21.4. The second-order valence-corrected chi connectivity index (χ2v) is 5.15. The molecule has 0 fully saturated rings. The van der Waals surface area contributed by atoms with Gasteiger partial charge in [-0.1, -0.05) is 31.2 Å². The van der Waals surface area contributed by atoms with Gasteiger partial charge >= 0.3 is 6.18 Å². The van der Waals surface area contributed by atoms with Gasteiger partial charge in [-0.15, -0.1) is 0 Å². The maximum Gasteiger partial charge on any atom is 0.416 e. The zero-order valence-electron chi connectivity index (χ0n) is 12.1. The summed E-state index contributed by atoms with van der Waals surface area (Å²) in [5.74, 6) is -1.37. The van der Waals surface area contributed by atoms with Crippen molar-refractivity contribution in [3.05, 3.63) is 47.6 Å². The molecule has 2 N–H and O–H groups in total. The molecule has 0 radical (unpaired) electrons. The molecule has 0 heterocycles. The fourth-order valence-corrected chi connectivity index (χ4v) is 2.40. The molecule has 1 aromatic carbocycles. The van der Waals surface area contributed by atoms with E-state index < -0.39 is 23.5 Å². The number of alkyl halides is 3. The van der Waals surface area contributed by atoms with Gasteiger partial charge in [-0.25, -0.2) is 0 Å². The van der Waals surface area contributed by atoms with Gasteiger partial charge in [0.2, 0.25) is 0 Å². The highest BCUT2D eigenvalue weighted by molar-refractivity contribution is 6.04. The van der Waals surface area contributed by atoms with E-state index in [4.69, 9.17) is 10.5 Å². The highest BCUT2D eigenvalue weighted by atomic mass is 19.4. The quantitative estimate of drug-likeness (QED) is 0.683. The van der Waals surface area contributed by atoms with Gasteiger partial charge < -0.3 is 10.5 Å². The Bertz CT molecular complexity index is 647. The second-order valence-electron chi connectivity index (χ2n) is 5.15. The minimum Gasteiger partial charge on any atom is -0.495 e. The van der Waals surface area contributed by atoms with Gasteiger partial charge in [-0.3, -0.25) is 4.79 Å². The molecule has 0 amide bonds. The minimum absolute atomic E-state index is 0.138. The van der Waals surface area contributed by atoms with Gasteiger partial charge in [0.25, 0.3) is 0 Å². The van der Waals surface area contributed by atoms with E-state index in [0.717, 1.165) is 12.2 Å². The first kappa shape index (κ1) is 16.1. The van der Waals surface area contributed by atoms with Crippen molar-refractivity contribution in [3.63, 3.8) is 0 Å². The molecule has 2 atom stereocenters. The molecule has 1 aliphatic rings. The number of ether oxygens (including phenoxy) is 1. The molecule has 6 heteroatoms. The molecule has 0 bridgehead atoms. The van der Waals surface area contributed by atoms with Crippen molar-refractivity contribution in [1.29, 1.82) is 0 Å². The largest absolute Gasteiger partial charge is 0.495 e. The van der Waals surface area contributed by atoms with Crippen LogP contribution < -0.4 is 10.5 Å². The Balaban J connectivity index is 2.41. The van der Waals surface area contributed by atoms with E-state index in [1.165, 1.54) is 19.3 Å².